The standard InChI is InChI=1S/C23H26FN5O2/c1-16-4-3-5-18(14-16)23-27-26-22(31-23)17(2)29-12-10-28(11-13-29)15-21(30)25-20-8-6-19(24)7-9-20/h3-9,14,17H,10-13,15H2,1-2H3,(H,25,30)/t17-/m0/s1. The predicted octanol–water partition coefficient (Wildman–Crippen LogP) is 3.50. The number of anilines is 1. The van der Waals surface area contributed by atoms with Crippen LogP contribution >= 0.6 is 0 Å². The quantitative estimate of drug-likeness (QED) is 0.654. The topological polar surface area (TPSA) is 74.5 Å². The highest BCUT2D eigenvalue weighted by Gasteiger charge is 2.26. The minimum atomic E-state index is -0.324. The molecule has 2 aromatic carbocycles. The van der Waals surface area contributed by atoms with E-state index in [1.165, 1.54) is 12.1 Å². The summed E-state index contributed by atoms with van der Waals surface area (Å²) in [6.07, 6.45) is 0. The van der Waals surface area contributed by atoms with Crippen LogP contribution in [0.2, 0.25) is 0 Å². The summed E-state index contributed by atoms with van der Waals surface area (Å²) in [7, 11) is 0. The zero-order chi connectivity index (χ0) is 21.8. The molecule has 0 bridgehead atoms. The van der Waals surface area contributed by atoms with Crippen LogP contribution in [0.1, 0.15) is 24.4 Å². The van der Waals surface area contributed by atoms with E-state index in [0.717, 1.165) is 37.3 Å². The fraction of sp³-hybridized carbons (Fsp3) is 0.348. The van der Waals surface area contributed by atoms with E-state index >= 15 is 0 Å². The number of aromatic nitrogens is 2. The first-order chi connectivity index (χ1) is 15.0. The molecule has 8 heteroatoms. The van der Waals surface area contributed by atoms with Crippen LogP contribution in [-0.4, -0.2) is 58.6 Å². The van der Waals surface area contributed by atoms with Gasteiger partial charge < -0.3 is 9.73 Å². The van der Waals surface area contributed by atoms with Crippen molar-refractivity contribution in [1.82, 2.24) is 20.0 Å². The number of carbonyl (C=O) groups is 1. The van der Waals surface area contributed by atoms with Crippen molar-refractivity contribution in [2.75, 3.05) is 38.0 Å². The van der Waals surface area contributed by atoms with Crippen molar-refractivity contribution < 1.29 is 13.6 Å². The summed E-state index contributed by atoms with van der Waals surface area (Å²) in [4.78, 5) is 16.7. The number of nitrogens with zero attached hydrogens (tertiary/aromatic N) is 4. The van der Waals surface area contributed by atoms with Gasteiger partial charge in [0.05, 0.1) is 12.6 Å². The van der Waals surface area contributed by atoms with E-state index in [4.69, 9.17) is 4.42 Å². The van der Waals surface area contributed by atoms with E-state index in [1.54, 1.807) is 12.1 Å². The van der Waals surface area contributed by atoms with Crippen molar-refractivity contribution in [1.29, 1.82) is 0 Å². The van der Waals surface area contributed by atoms with E-state index in [2.05, 4.69) is 32.2 Å². The molecule has 0 aliphatic carbocycles. The number of rotatable bonds is 6. The van der Waals surface area contributed by atoms with Crippen molar-refractivity contribution >= 4 is 11.6 Å². The number of benzene rings is 2. The number of halogens is 1. The van der Waals surface area contributed by atoms with Crippen LogP contribution in [0.5, 0.6) is 0 Å². The van der Waals surface area contributed by atoms with Gasteiger partial charge in [0.2, 0.25) is 17.7 Å². The third kappa shape index (κ3) is 5.34. The molecule has 0 saturated carbocycles. The highest BCUT2D eigenvalue weighted by molar-refractivity contribution is 5.92. The van der Waals surface area contributed by atoms with Gasteiger partial charge >= 0.3 is 0 Å². The van der Waals surface area contributed by atoms with E-state index < -0.39 is 0 Å². The molecule has 31 heavy (non-hydrogen) atoms. The Bertz CT molecular complexity index is 1030. The first-order valence-corrected chi connectivity index (χ1v) is 10.4. The molecule has 1 aliphatic heterocycles. The van der Waals surface area contributed by atoms with Gasteiger partial charge in [0.15, 0.2) is 0 Å². The molecule has 1 atom stereocenters. The molecule has 1 fully saturated rings. The first-order valence-electron chi connectivity index (χ1n) is 10.4. The van der Waals surface area contributed by atoms with Gasteiger partial charge in [0.1, 0.15) is 5.82 Å². The average molecular weight is 423 g/mol. The summed E-state index contributed by atoms with van der Waals surface area (Å²) in [5, 5.41) is 11.3. The van der Waals surface area contributed by atoms with Gasteiger partial charge in [-0.2, -0.15) is 0 Å². The smallest absolute Gasteiger partial charge is 0.247 e. The number of hydrogen-bond acceptors (Lipinski definition) is 6. The zero-order valence-electron chi connectivity index (χ0n) is 17.7. The molecule has 1 saturated heterocycles. The highest BCUT2D eigenvalue weighted by atomic mass is 19.1. The fourth-order valence-corrected chi connectivity index (χ4v) is 3.70. The molecule has 7 nitrogen and oxygen atoms in total. The lowest BCUT2D eigenvalue weighted by Crippen LogP contribution is -2.49. The average Bonchev–Trinajstić information content (AvgIpc) is 3.26. The van der Waals surface area contributed by atoms with Crippen LogP contribution in [-0.2, 0) is 4.79 Å². The number of hydrogen-bond donors (Lipinski definition) is 1. The number of piperazine rings is 1. The third-order valence-corrected chi connectivity index (χ3v) is 5.51. The van der Waals surface area contributed by atoms with E-state index in [1.807, 2.05) is 31.2 Å². The minimum absolute atomic E-state index is 0.00116. The highest BCUT2D eigenvalue weighted by Crippen LogP contribution is 2.25. The van der Waals surface area contributed by atoms with Crippen LogP contribution in [0.15, 0.2) is 52.9 Å². The monoisotopic (exact) mass is 423 g/mol. The zero-order valence-corrected chi connectivity index (χ0v) is 17.7. The molecule has 1 amide bonds. The van der Waals surface area contributed by atoms with Crippen molar-refractivity contribution in [2.24, 2.45) is 0 Å². The second-order valence-corrected chi connectivity index (χ2v) is 7.86. The van der Waals surface area contributed by atoms with Crippen LogP contribution in [0.25, 0.3) is 11.5 Å². The van der Waals surface area contributed by atoms with Crippen molar-refractivity contribution in [3.63, 3.8) is 0 Å². The molecular formula is C23H26FN5O2. The maximum atomic E-state index is 13.0. The van der Waals surface area contributed by atoms with Crippen LogP contribution in [0, 0.1) is 12.7 Å². The second kappa shape index (κ2) is 9.36. The summed E-state index contributed by atoms with van der Waals surface area (Å²) in [6, 6.07) is 13.8. The van der Waals surface area contributed by atoms with Gasteiger partial charge in [-0.15, -0.1) is 10.2 Å². The van der Waals surface area contributed by atoms with Crippen LogP contribution in [0.3, 0.4) is 0 Å². The van der Waals surface area contributed by atoms with E-state index in [-0.39, 0.29) is 17.8 Å². The van der Waals surface area contributed by atoms with Crippen LogP contribution in [0.4, 0.5) is 10.1 Å². The number of amides is 1. The summed E-state index contributed by atoms with van der Waals surface area (Å²) < 4.78 is 18.9. The Balaban J connectivity index is 1.28. The summed E-state index contributed by atoms with van der Waals surface area (Å²) in [6.45, 7) is 7.52. The number of nitrogens with one attached hydrogen (secondary N) is 1. The molecule has 162 valence electrons. The van der Waals surface area contributed by atoms with Gasteiger partial charge in [0, 0.05) is 37.4 Å². The molecule has 2 heterocycles. The Labute approximate surface area is 180 Å². The number of aryl methyl sites for hydroxylation is 1. The lowest BCUT2D eigenvalue weighted by molar-refractivity contribution is -0.117. The van der Waals surface area contributed by atoms with Crippen molar-refractivity contribution in [3.05, 3.63) is 65.8 Å². The largest absolute Gasteiger partial charge is 0.419 e. The Morgan fingerprint density at radius 1 is 1.13 bits per heavy atom. The molecule has 3 aromatic rings. The molecule has 0 spiro atoms. The maximum Gasteiger partial charge on any atom is 0.247 e. The lowest BCUT2D eigenvalue weighted by atomic mass is 10.1. The van der Waals surface area contributed by atoms with E-state index in [0.29, 0.717) is 24.0 Å². The van der Waals surface area contributed by atoms with Gasteiger partial charge in [-0.3, -0.25) is 14.6 Å². The Hall–Kier alpha value is -3.10. The molecule has 1 aromatic heterocycles. The third-order valence-electron chi connectivity index (χ3n) is 5.51. The summed E-state index contributed by atoms with van der Waals surface area (Å²) in [5.41, 5.74) is 2.66. The Morgan fingerprint density at radius 2 is 1.87 bits per heavy atom. The number of carbonyl (C=O) groups excluding carboxylic acids is 1. The fourth-order valence-electron chi connectivity index (χ4n) is 3.70. The van der Waals surface area contributed by atoms with Gasteiger partial charge in [0.25, 0.3) is 0 Å². The summed E-state index contributed by atoms with van der Waals surface area (Å²) in [5.74, 6) is 0.698. The molecule has 0 radical (unpaired) electrons. The molecule has 0 unspecified atom stereocenters. The van der Waals surface area contributed by atoms with Crippen molar-refractivity contribution in [2.45, 2.75) is 19.9 Å². The molecule has 1 N–H and O–H groups in total. The maximum absolute atomic E-state index is 13.0. The molecular weight excluding hydrogens is 397 g/mol. The van der Waals surface area contributed by atoms with Gasteiger partial charge in [-0.25, -0.2) is 4.39 Å². The summed E-state index contributed by atoms with van der Waals surface area (Å²) >= 11 is 0. The predicted molar refractivity (Wildman–Crippen MR) is 116 cm³/mol. The Kier molecular flexibility index (Phi) is 6.39. The Morgan fingerprint density at radius 3 is 2.58 bits per heavy atom. The van der Waals surface area contributed by atoms with Gasteiger partial charge in [-0.1, -0.05) is 17.7 Å². The van der Waals surface area contributed by atoms with E-state index in [9.17, 15) is 9.18 Å². The second-order valence-electron chi connectivity index (χ2n) is 7.86. The van der Waals surface area contributed by atoms with Crippen molar-refractivity contribution in [3.8, 4) is 11.5 Å². The van der Waals surface area contributed by atoms with Crippen LogP contribution < -0.4 is 5.32 Å². The first kappa shape index (κ1) is 21.1. The van der Waals surface area contributed by atoms with Gasteiger partial charge in [-0.05, 0) is 50.2 Å². The lowest BCUT2D eigenvalue weighted by Gasteiger charge is -2.36. The minimum Gasteiger partial charge on any atom is -0.419 e. The molecule has 4 rings (SSSR count). The SMILES string of the molecule is Cc1cccc(-c2nnc([C@H](C)N3CCN(CC(=O)Nc4ccc(F)cc4)CC3)o2)c1. The molecule has 1 aliphatic rings. The normalized spacial score (nSPS) is 16.2.